The maximum atomic E-state index is 13.8. The van der Waals surface area contributed by atoms with Crippen LogP contribution in [0.5, 0.6) is 5.75 Å². The summed E-state index contributed by atoms with van der Waals surface area (Å²) in [7, 11) is 1.58. The molecule has 2 unspecified atom stereocenters. The zero-order valence-corrected chi connectivity index (χ0v) is 20.8. The Morgan fingerprint density at radius 3 is 2.81 bits per heavy atom. The standard InChI is InChI=1S/C29H30F2N2O4/c1-18-28(29(35)36)19(12-15-33(18)14-3-4-20-16-21(30)6-8-25(20)31)5-10-27(34)23-11-13-32-26-9-7-22(37-2)17-24(23)26/h6-9,11,13,16-19,27-28,34H,5,10,12,14-15H2,1-2H3,(H,35,36)/t18?,19-,27?,28+/m1/s1. The normalized spacial score (nSPS) is 20.7. The van der Waals surface area contributed by atoms with E-state index < -0.39 is 29.6 Å². The van der Waals surface area contributed by atoms with Crippen molar-refractivity contribution in [2.45, 2.75) is 38.3 Å². The predicted molar refractivity (Wildman–Crippen MR) is 136 cm³/mol. The minimum Gasteiger partial charge on any atom is -0.497 e. The van der Waals surface area contributed by atoms with Crippen LogP contribution in [0, 0.1) is 35.3 Å². The van der Waals surface area contributed by atoms with Crippen molar-refractivity contribution in [2.24, 2.45) is 11.8 Å². The van der Waals surface area contributed by atoms with Gasteiger partial charge in [-0.3, -0.25) is 14.7 Å². The number of aromatic nitrogens is 1. The predicted octanol–water partition coefficient (Wildman–Crippen LogP) is 4.80. The van der Waals surface area contributed by atoms with Gasteiger partial charge >= 0.3 is 5.97 Å². The number of methoxy groups -OCH3 is 1. The number of piperidine rings is 1. The molecule has 0 saturated carbocycles. The van der Waals surface area contributed by atoms with Crippen LogP contribution in [0.2, 0.25) is 0 Å². The van der Waals surface area contributed by atoms with E-state index in [1.165, 1.54) is 0 Å². The number of carbonyl (C=O) groups is 1. The topological polar surface area (TPSA) is 82.9 Å². The Hall–Kier alpha value is -3.54. The molecule has 2 N–H and O–H groups in total. The van der Waals surface area contributed by atoms with E-state index in [1.54, 1.807) is 19.4 Å². The molecular formula is C29H30F2N2O4. The van der Waals surface area contributed by atoms with Crippen molar-refractivity contribution in [3.63, 3.8) is 0 Å². The number of fused-ring (bicyclic) bond motifs is 1. The molecule has 8 heteroatoms. The lowest BCUT2D eigenvalue weighted by Gasteiger charge is -2.41. The van der Waals surface area contributed by atoms with Gasteiger partial charge in [-0.2, -0.15) is 0 Å². The summed E-state index contributed by atoms with van der Waals surface area (Å²) in [6.45, 7) is 2.73. The van der Waals surface area contributed by atoms with Gasteiger partial charge in [0.1, 0.15) is 17.4 Å². The van der Waals surface area contributed by atoms with Crippen molar-refractivity contribution in [1.82, 2.24) is 9.88 Å². The number of aliphatic carboxylic acids is 1. The molecule has 0 spiro atoms. The van der Waals surface area contributed by atoms with Gasteiger partial charge in [-0.15, -0.1) is 0 Å². The molecule has 0 bridgehead atoms. The second-order valence-corrected chi connectivity index (χ2v) is 9.43. The van der Waals surface area contributed by atoms with Crippen LogP contribution in [0.25, 0.3) is 10.9 Å². The van der Waals surface area contributed by atoms with Crippen LogP contribution in [0.15, 0.2) is 48.7 Å². The first-order valence-corrected chi connectivity index (χ1v) is 12.3. The number of likely N-dealkylation sites (tertiary alicyclic amines) is 1. The smallest absolute Gasteiger partial charge is 0.308 e. The fourth-order valence-corrected chi connectivity index (χ4v) is 5.21. The molecule has 4 atom stereocenters. The first kappa shape index (κ1) is 26.5. The SMILES string of the molecule is COc1ccc2nccc(C(O)CC[C@@H]3CCN(CC#Cc4cc(F)ccc4F)C(C)[C@@H]3C(=O)O)c2c1. The summed E-state index contributed by atoms with van der Waals surface area (Å²) in [4.78, 5) is 18.5. The first-order chi connectivity index (χ1) is 17.8. The third-order valence-corrected chi connectivity index (χ3v) is 7.26. The fraction of sp³-hybridized carbons (Fsp3) is 0.379. The summed E-state index contributed by atoms with van der Waals surface area (Å²) >= 11 is 0. The Morgan fingerprint density at radius 1 is 1.24 bits per heavy atom. The molecule has 4 rings (SSSR count). The average Bonchev–Trinajstić information content (AvgIpc) is 2.89. The van der Waals surface area contributed by atoms with E-state index >= 15 is 0 Å². The van der Waals surface area contributed by atoms with E-state index in [-0.39, 0.29) is 24.1 Å². The molecule has 1 aliphatic heterocycles. The summed E-state index contributed by atoms with van der Waals surface area (Å²) in [5, 5.41) is 21.8. The molecule has 1 aliphatic rings. The van der Waals surface area contributed by atoms with Crippen LogP contribution >= 0.6 is 0 Å². The van der Waals surface area contributed by atoms with Gasteiger partial charge in [-0.05, 0) is 86.7 Å². The summed E-state index contributed by atoms with van der Waals surface area (Å²) in [5.41, 5.74) is 1.47. The molecule has 194 valence electrons. The highest BCUT2D eigenvalue weighted by Gasteiger charge is 2.39. The number of hydrogen-bond acceptors (Lipinski definition) is 5. The second kappa shape index (κ2) is 11.7. The summed E-state index contributed by atoms with van der Waals surface area (Å²) in [6.07, 6.45) is 2.48. The number of carboxylic acid groups (broad SMARTS) is 1. The number of halogens is 2. The van der Waals surface area contributed by atoms with Gasteiger partial charge in [0.05, 0.1) is 36.8 Å². The zero-order valence-electron chi connectivity index (χ0n) is 20.8. The number of ether oxygens (including phenoxy) is 1. The van der Waals surface area contributed by atoms with Crippen molar-refractivity contribution in [1.29, 1.82) is 0 Å². The lowest BCUT2D eigenvalue weighted by molar-refractivity contribution is -0.148. The maximum Gasteiger partial charge on any atom is 0.308 e. The molecular weight excluding hydrogens is 478 g/mol. The fourth-order valence-electron chi connectivity index (χ4n) is 5.21. The van der Waals surface area contributed by atoms with Crippen molar-refractivity contribution >= 4 is 16.9 Å². The van der Waals surface area contributed by atoms with E-state index in [4.69, 9.17) is 4.74 Å². The van der Waals surface area contributed by atoms with E-state index in [0.29, 0.717) is 31.6 Å². The van der Waals surface area contributed by atoms with Gasteiger partial charge in [-0.25, -0.2) is 8.78 Å². The van der Waals surface area contributed by atoms with Crippen LogP contribution in [0.4, 0.5) is 8.78 Å². The molecule has 1 aromatic heterocycles. The van der Waals surface area contributed by atoms with Gasteiger partial charge in [-0.1, -0.05) is 11.8 Å². The monoisotopic (exact) mass is 508 g/mol. The molecule has 3 aromatic rings. The Balaban J connectivity index is 1.43. The molecule has 0 amide bonds. The minimum absolute atomic E-state index is 0.0208. The van der Waals surface area contributed by atoms with Crippen molar-refractivity contribution in [2.75, 3.05) is 20.2 Å². The highest BCUT2D eigenvalue weighted by atomic mass is 19.1. The van der Waals surface area contributed by atoms with E-state index in [9.17, 15) is 23.8 Å². The number of hydrogen-bond donors (Lipinski definition) is 2. The Bertz CT molecular complexity index is 1340. The molecule has 0 aliphatic carbocycles. The molecule has 2 aromatic carbocycles. The maximum absolute atomic E-state index is 13.8. The van der Waals surface area contributed by atoms with E-state index in [2.05, 4.69) is 16.8 Å². The van der Waals surface area contributed by atoms with E-state index in [0.717, 1.165) is 34.7 Å². The third kappa shape index (κ3) is 6.07. The quantitative estimate of drug-likeness (QED) is 0.447. The summed E-state index contributed by atoms with van der Waals surface area (Å²) in [6, 6.07) is 10.1. The van der Waals surface area contributed by atoms with Gasteiger partial charge in [0.2, 0.25) is 0 Å². The molecule has 37 heavy (non-hydrogen) atoms. The highest BCUT2D eigenvalue weighted by molar-refractivity contribution is 5.83. The largest absolute Gasteiger partial charge is 0.497 e. The Morgan fingerprint density at radius 2 is 2.05 bits per heavy atom. The zero-order chi connectivity index (χ0) is 26.5. The van der Waals surface area contributed by atoms with Gasteiger partial charge in [0.15, 0.2) is 0 Å². The number of nitrogens with zero attached hydrogens (tertiary/aromatic N) is 2. The lowest BCUT2D eigenvalue weighted by atomic mass is 9.77. The number of pyridine rings is 1. The van der Waals surface area contributed by atoms with Crippen LogP contribution in [-0.2, 0) is 4.79 Å². The molecule has 1 fully saturated rings. The van der Waals surface area contributed by atoms with Crippen molar-refractivity contribution in [3.8, 4) is 17.6 Å². The highest BCUT2D eigenvalue weighted by Crippen LogP contribution is 2.36. The minimum atomic E-state index is -0.889. The molecule has 2 heterocycles. The van der Waals surface area contributed by atoms with Gasteiger partial charge in [0, 0.05) is 17.6 Å². The molecule has 6 nitrogen and oxygen atoms in total. The lowest BCUT2D eigenvalue weighted by Crippen LogP contribution is -2.50. The van der Waals surface area contributed by atoms with Crippen molar-refractivity contribution in [3.05, 3.63) is 71.4 Å². The van der Waals surface area contributed by atoms with E-state index in [1.807, 2.05) is 30.0 Å². The number of aliphatic hydroxyl groups excluding tert-OH is 1. The number of rotatable bonds is 7. The van der Waals surface area contributed by atoms with Gasteiger partial charge < -0.3 is 14.9 Å². The number of benzene rings is 2. The van der Waals surface area contributed by atoms with Crippen LogP contribution < -0.4 is 4.74 Å². The number of carboxylic acids is 1. The third-order valence-electron chi connectivity index (χ3n) is 7.26. The Labute approximate surface area is 214 Å². The summed E-state index contributed by atoms with van der Waals surface area (Å²) < 4.78 is 32.5. The van der Waals surface area contributed by atoms with Crippen LogP contribution in [0.3, 0.4) is 0 Å². The van der Waals surface area contributed by atoms with Crippen LogP contribution in [-0.4, -0.2) is 52.3 Å². The Kier molecular flexibility index (Phi) is 8.37. The van der Waals surface area contributed by atoms with Gasteiger partial charge in [0.25, 0.3) is 0 Å². The second-order valence-electron chi connectivity index (χ2n) is 9.43. The van der Waals surface area contributed by atoms with Crippen molar-refractivity contribution < 1.29 is 28.5 Å². The van der Waals surface area contributed by atoms with Crippen LogP contribution in [0.1, 0.15) is 43.4 Å². The summed E-state index contributed by atoms with van der Waals surface area (Å²) in [5.74, 6) is 3.39. The average molecular weight is 509 g/mol. The molecule has 1 saturated heterocycles. The molecule has 0 radical (unpaired) electrons. The number of aliphatic hydroxyl groups is 1. The first-order valence-electron chi connectivity index (χ1n) is 12.3.